The molecule has 5 rings (SSSR count). The molecular weight excluding hydrogens is 354 g/mol. The van der Waals surface area contributed by atoms with E-state index in [1.807, 2.05) is 19.1 Å². The summed E-state index contributed by atoms with van der Waals surface area (Å²) in [6.45, 7) is 4.60. The molecule has 0 saturated carbocycles. The molecule has 1 N–H and O–H groups in total. The zero-order valence-electron chi connectivity index (χ0n) is 15.7. The van der Waals surface area contributed by atoms with Gasteiger partial charge < -0.3 is 9.72 Å². The van der Waals surface area contributed by atoms with E-state index in [-0.39, 0.29) is 11.5 Å². The molecule has 3 heterocycles. The van der Waals surface area contributed by atoms with Gasteiger partial charge in [0.25, 0.3) is 5.56 Å². The van der Waals surface area contributed by atoms with E-state index in [9.17, 15) is 9.59 Å². The average molecular weight is 375 g/mol. The number of fused-ring (bicyclic) bond motifs is 1. The summed E-state index contributed by atoms with van der Waals surface area (Å²) >= 11 is 0. The number of esters is 1. The molecular formula is C22H21N3O3. The highest BCUT2D eigenvalue weighted by Gasteiger charge is 2.23. The summed E-state index contributed by atoms with van der Waals surface area (Å²) in [4.78, 5) is 34.1. The largest absolute Gasteiger partial charge is 0.457 e. The number of rotatable bonds is 2. The zero-order chi connectivity index (χ0) is 19.3. The molecule has 0 radical (unpaired) electrons. The standard InChI is InChI=1S/C22H21N3O3/c1-13-23-19-8-10-25(9-7-17(19)21(26)24-13)11-14-5-6-15-12-28-22(27)18-4-2-3-16(14)20(15)18/h2-6H,7-12H2,1H3,(H,23,24,26). The Labute approximate surface area is 162 Å². The van der Waals surface area contributed by atoms with Crippen molar-refractivity contribution < 1.29 is 9.53 Å². The molecule has 2 aliphatic heterocycles. The van der Waals surface area contributed by atoms with Crippen molar-refractivity contribution in [3.63, 3.8) is 0 Å². The Bertz CT molecular complexity index is 1170. The molecule has 0 unspecified atom stereocenters. The van der Waals surface area contributed by atoms with Crippen molar-refractivity contribution in [2.75, 3.05) is 13.1 Å². The van der Waals surface area contributed by atoms with Crippen LogP contribution in [0.2, 0.25) is 0 Å². The number of carbonyl (C=O) groups is 1. The summed E-state index contributed by atoms with van der Waals surface area (Å²) in [5, 5.41) is 2.13. The molecule has 2 aromatic carbocycles. The van der Waals surface area contributed by atoms with Gasteiger partial charge in [0.15, 0.2) is 0 Å². The van der Waals surface area contributed by atoms with Crippen molar-refractivity contribution in [1.82, 2.24) is 14.9 Å². The number of aromatic amines is 1. The van der Waals surface area contributed by atoms with Crippen molar-refractivity contribution in [3.05, 3.63) is 74.5 Å². The fraction of sp³-hybridized carbons (Fsp3) is 0.318. The van der Waals surface area contributed by atoms with E-state index in [0.717, 1.165) is 53.6 Å². The minimum atomic E-state index is -0.249. The smallest absolute Gasteiger partial charge is 0.339 e. The van der Waals surface area contributed by atoms with Gasteiger partial charge in [-0.15, -0.1) is 0 Å². The second kappa shape index (κ2) is 6.56. The lowest BCUT2D eigenvalue weighted by atomic mass is 9.94. The van der Waals surface area contributed by atoms with Crippen molar-refractivity contribution in [3.8, 4) is 0 Å². The van der Waals surface area contributed by atoms with E-state index in [2.05, 4.69) is 33.1 Å². The lowest BCUT2D eigenvalue weighted by molar-refractivity contribution is 0.0463. The van der Waals surface area contributed by atoms with Crippen LogP contribution in [0.1, 0.15) is 38.6 Å². The number of carbonyl (C=O) groups excluding carboxylic acids is 1. The normalized spacial score (nSPS) is 16.5. The van der Waals surface area contributed by atoms with Gasteiger partial charge in [0.05, 0.1) is 11.3 Å². The van der Waals surface area contributed by atoms with Gasteiger partial charge in [-0.25, -0.2) is 9.78 Å². The molecule has 1 aromatic heterocycles. The van der Waals surface area contributed by atoms with E-state index in [1.165, 1.54) is 5.56 Å². The number of nitrogens with one attached hydrogen (secondary N) is 1. The van der Waals surface area contributed by atoms with E-state index in [1.54, 1.807) is 0 Å². The Balaban J connectivity index is 1.47. The minimum Gasteiger partial charge on any atom is -0.457 e. The van der Waals surface area contributed by atoms with Gasteiger partial charge in [0.2, 0.25) is 0 Å². The van der Waals surface area contributed by atoms with Crippen LogP contribution in [0.5, 0.6) is 0 Å². The molecule has 0 spiro atoms. The first-order valence-electron chi connectivity index (χ1n) is 9.62. The van der Waals surface area contributed by atoms with Crippen LogP contribution in [-0.2, 0) is 30.7 Å². The number of aromatic nitrogens is 2. The zero-order valence-corrected chi connectivity index (χ0v) is 15.7. The van der Waals surface area contributed by atoms with Gasteiger partial charge in [-0.2, -0.15) is 0 Å². The summed E-state index contributed by atoms with van der Waals surface area (Å²) in [6.07, 6.45) is 1.47. The van der Waals surface area contributed by atoms with Crippen molar-refractivity contribution in [2.45, 2.75) is 32.9 Å². The Morgan fingerprint density at radius 2 is 2.00 bits per heavy atom. The Morgan fingerprint density at radius 3 is 2.89 bits per heavy atom. The summed E-state index contributed by atoms with van der Waals surface area (Å²) in [5.74, 6) is 0.425. The molecule has 142 valence electrons. The molecule has 0 aliphatic carbocycles. The Morgan fingerprint density at radius 1 is 1.14 bits per heavy atom. The third-order valence-electron chi connectivity index (χ3n) is 5.75. The number of aryl methyl sites for hydroxylation is 1. The van der Waals surface area contributed by atoms with Crippen LogP contribution in [0.4, 0.5) is 0 Å². The van der Waals surface area contributed by atoms with E-state index in [0.29, 0.717) is 24.4 Å². The third kappa shape index (κ3) is 2.81. The molecule has 6 heteroatoms. The number of hydrogen-bond donors (Lipinski definition) is 1. The summed E-state index contributed by atoms with van der Waals surface area (Å²) in [7, 11) is 0. The van der Waals surface area contributed by atoms with E-state index in [4.69, 9.17) is 4.74 Å². The van der Waals surface area contributed by atoms with Crippen LogP contribution < -0.4 is 5.56 Å². The van der Waals surface area contributed by atoms with Crippen molar-refractivity contribution in [1.29, 1.82) is 0 Å². The summed E-state index contributed by atoms with van der Waals surface area (Å²) in [5.41, 5.74) is 4.62. The molecule has 0 bridgehead atoms. The van der Waals surface area contributed by atoms with Gasteiger partial charge >= 0.3 is 5.97 Å². The van der Waals surface area contributed by atoms with Crippen LogP contribution >= 0.6 is 0 Å². The van der Waals surface area contributed by atoms with Crippen molar-refractivity contribution >= 4 is 16.7 Å². The number of nitrogens with zero attached hydrogens (tertiary/aromatic N) is 2. The molecule has 6 nitrogen and oxygen atoms in total. The monoisotopic (exact) mass is 375 g/mol. The highest BCUT2D eigenvalue weighted by atomic mass is 16.5. The maximum Gasteiger partial charge on any atom is 0.339 e. The van der Waals surface area contributed by atoms with E-state index >= 15 is 0 Å². The predicted molar refractivity (Wildman–Crippen MR) is 105 cm³/mol. The van der Waals surface area contributed by atoms with Crippen LogP contribution in [0.25, 0.3) is 10.8 Å². The molecule has 0 amide bonds. The summed E-state index contributed by atoms with van der Waals surface area (Å²) < 4.78 is 5.27. The first kappa shape index (κ1) is 17.1. The maximum atomic E-state index is 12.3. The second-order valence-corrected chi connectivity index (χ2v) is 7.54. The highest BCUT2D eigenvalue weighted by Crippen LogP contribution is 2.31. The van der Waals surface area contributed by atoms with Crippen molar-refractivity contribution in [2.24, 2.45) is 0 Å². The Hall–Kier alpha value is -2.99. The second-order valence-electron chi connectivity index (χ2n) is 7.54. The molecule has 0 atom stereocenters. The van der Waals surface area contributed by atoms with Crippen LogP contribution in [0.3, 0.4) is 0 Å². The fourth-order valence-electron chi connectivity index (χ4n) is 4.37. The first-order valence-corrected chi connectivity index (χ1v) is 9.62. The number of hydrogen-bond acceptors (Lipinski definition) is 5. The number of ether oxygens (including phenoxy) is 1. The topological polar surface area (TPSA) is 75.3 Å². The van der Waals surface area contributed by atoms with Crippen LogP contribution in [0.15, 0.2) is 35.1 Å². The third-order valence-corrected chi connectivity index (χ3v) is 5.75. The van der Waals surface area contributed by atoms with Crippen LogP contribution in [-0.4, -0.2) is 33.9 Å². The highest BCUT2D eigenvalue weighted by molar-refractivity contribution is 6.08. The molecule has 2 aliphatic rings. The minimum absolute atomic E-state index is 0.00977. The summed E-state index contributed by atoms with van der Waals surface area (Å²) in [6, 6.07) is 10.0. The fourth-order valence-corrected chi connectivity index (χ4v) is 4.37. The van der Waals surface area contributed by atoms with Gasteiger partial charge in [-0.3, -0.25) is 9.69 Å². The molecule has 0 fully saturated rings. The Kier molecular flexibility index (Phi) is 4.02. The van der Waals surface area contributed by atoms with Crippen LogP contribution in [0, 0.1) is 6.92 Å². The number of H-pyrrole nitrogens is 1. The average Bonchev–Trinajstić information content (AvgIpc) is 2.89. The maximum absolute atomic E-state index is 12.3. The van der Waals surface area contributed by atoms with E-state index < -0.39 is 0 Å². The SMILES string of the molecule is Cc1nc2c(c(=O)[nH]1)CCN(Cc1ccc3c4c(cccc14)C(=O)OC3)CC2. The number of benzene rings is 2. The van der Waals surface area contributed by atoms with Gasteiger partial charge in [0.1, 0.15) is 12.4 Å². The number of cyclic esters (lactones) is 1. The first-order chi connectivity index (χ1) is 13.6. The lowest BCUT2D eigenvalue weighted by Gasteiger charge is -2.23. The molecule has 28 heavy (non-hydrogen) atoms. The molecule has 3 aromatic rings. The lowest BCUT2D eigenvalue weighted by Crippen LogP contribution is -2.26. The quantitative estimate of drug-likeness (QED) is 0.697. The van der Waals surface area contributed by atoms with Gasteiger partial charge in [0, 0.05) is 37.0 Å². The van der Waals surface area contributed by atoms with Gasteiger partial charge in [-0.1, -0.05) is 24.3 Å². The molecule has 0 saturated heterocycles. The van der Waals surface area contributed by atoms with Gasteiger partial charge in [-0.05, 0) is 35.9 Å². The predicted octanol–water partition coefficient (Wildman–Crippen LogP) is 2.50.